The molecule has 2 aromatic rings. The second kappa shape index (κ2) is 4.66. The lowest BCUT2D eigenvalue weighted by Gasteiger charge is -1.99. The summed E-state index contributed by atoms with van der Waals surface area (Å²) in [5, 5.41) is 7.95. The summed E-state index contributed by atoms with van der Waals surface area (Å²) >= 11 is 5.61. The highest BCUT2D eigenvalue weighted by Gasteiger charge is 2.08. The molecule has 3 nitrogen and oxygen atoms in total. The number of benzene rings is 1. The third-order valence-corrected chi connectivity index (χ3v) is 2.43. The maximum absolute atomic E-state index is 5.61. The maximum atomic E-state index is 5.61. The highest BCUT2D eigenvalue weighted by Crippen LogP contribution is 2.21. The van der Waals surface area contributed by atoms with Crippen molar-refractivity contribution in [3.05, 3.63) is 35.2 Å². The summed E-state index contributed by atoms with van der Waals surface area (Å²) in [6.07, 6.45) is 0.610. The molecule has 0 radical (unpaired) electrons. The largest absolute Gasteiger partial charge is 0.421 e. The van der Waals surface area contributed by atoms with E-state index in [9.17, 15) is 0 Å². The van der Waals surface area contributed by atoms with Gasteiger partial charge in [-0.05, 0) is 26.0 Å². The van der Waals surface area contributed by atoms with Crippen LogP contribution in [0.15, 0.2) is 22.6 Å². The van der Waals surface area contributed by atoms with Gasteiger partial charge in [-0.25, -0.2) is 0 Å². The molecule has 1 aromatic carbocycles. The van der Waals surface area contributed by atoms with Crippen molar-refractivity contribution in [3.8, 4) is 11.5 Å². The molecule has 0 spiro atoms. The van der Waals surface area contributed by atoms with Gasteiger partial charge in [-0.2, -0.15) is 0 Å². The zero-order chi connectivity index (χ0) is 11.5. The van der Waals surface area contributed by atoms with Crippen molar-refractivity contribution in [1.29, 1.82) is 0 Å². The third kappa shape index (κ3) is 2.42. The number of aromatic nitrogens is 2. The summed E-state index contributed by atoms with van der Waals surface area (Å²) in [6.45, 7) is 4.10. The monoisotopic (exact) mass is 236 g/mol. The Morgan fingerprint density at radius 3 is 2.44 bits per heavy atom. The van der Waals surface area contributed by atoms with Gasteiger partial charge in [-0.15, -0.1) is 21.8 Å². The Bertz CT molecular complexity index is 473. The van der Waals surface area contributed by atoms with Crippen molar-refractivity contribution in [2.45, 2.75) is 20.3 Å². The van der Waals surface area contributed by atoms with Crippen LogP contribution in [-0.2, 0) is 6.42 Å². The fourth-order valence-corrected chi connectivity index (χ4v) is 1.81. The van der Waals surface area contributed by atoms with Gasteiger partial charge >= 0.3 is 0 Å². The molecule has 0 amide bonds. The van der Waals surface area contributed by atoms with E-state index in [0.29, 0.717) is 24.1 Å². The molecule has 1 aromatic heterocycles. The van der Waals surface area contributed by atoms with E-state index in [4.69, 9.17) is 16.0 Å². The van der Waals surface area contributed by atoms with Crippen LogP contribution < -0.4 is 0 Å². The molecular weight excluding hydrogens is 224 g/mol. The summed E-state index contributed by atoms with van der Waals surface area (Å²) in [7, 11) is 0. The first-order valence-corrected chi connectivity index (χ1v) is 5.69. The Labute approximate surface area is 99.5 Å². The van der Waals surface area contributed by atoms with Crippen LogP contribution in [0.2, 0.25) is 0 Å². The standard InChI is InChI=1S/C12H13ClN2O/c1-8-5-9(2)7-10(6-8)12-15-14-11(16-12)3-4-13/h5-7H,3-4H2,1-2H3. The van der Waals surface area contributed by atoms with Crippen molar-refractivity contribution in [2.75, 3.05) is 5.88 Å². The van der Waals surface area contributed by atoms with Gasteiger partial charge < -0.3 is 4.42 Å². The molecule has 0 N–H and O–H groups in total. The molecule has 0 aliphatic rings. The number of nitrogens with zero attached hydrogens (tertiary/aromatic N) is 2. The van der Waals surface area contributed by atoms with Crippen LogP contribution in [0.4, 0.5) is 0 Å². The summed E-state index contributed by atoms with van der Waals surface area (Å²) in [5.74, 6) is 1.64. The Balaban J connectivity index is 2.34. The lowest BCUT2D eigenvalue weighted by Crippen LogP contribution is -1.84. The van der Waals surface area contributed by atoms with E-state index in [1.54, 1.807) is 0 Å². The van der Waals surface area contributed by atoms with Gasteiger partial charge in [0.2, 0.25) is 11.8 Å². The molecule has 0 fully saturated rings. The SMILES string of the molecule is Cc1cc(C)cc(-c2nnc(CCCl)o2)c1. The fourth-order valence-electron chi connectivity index (χ4n) is 1.65. The smallest absolute Gasteiger partial charge is 0.247 e. The number of rotatable bonds is 3. The molecule has 0 saturated carbocycles. The molecule has 0 atom stereocenters. The minimum absolute atomic E-state index is 0.495. The predicted molar refractivity (Wildman–Crippen MR) is 63.6 cm³/mol. The molecule has 0 aliphatic heterocycles. The number of aryl methyl sites for hydroxylation is 3. The Morgan fingerprint density at radius 1 is 1.12 bits per heavy atom. The van der Waals surface area contributed by atoms with Gasteiger partial charge in [-0.3, -0.25) is 0 Å². The van der Waals surface area contributed by atoms with Crippen molar-refractivity contribution >= 4 is 11.6 Å². The van der Waals surface area contributed by atoms with Crippen LogP contribution >= 0.6 is 11.6 Å². The maximum Gasteiger partial charge on any atom is 0.247 e. The molecule has 2 rings (SSSR count). The predicted octanol–water partition coefficient (Wildman–Crippen LogP) is 3.13. The van der Waals surface area contributed by atoms with Gasteiger partial charge in [0.05, 0.1) is 0 Å². The summed E-state index contributed by atoms with van der Waals surface area (Å²) in [4.78, 5) is 0. The Morgan fingerprint density at radius 2 is 1.81 bits per heavy atom. The quantitative estimate of drug-likeness (QED) is 0.769. The van der Waals surface area contributed by atoms with Crippen LogP contribution in [0.1, 0.15) is 17.0 Å². The van der Waals surface area contributed by atoms with E-state index >= 15 is 0 Å². The van der Waals surface area contributed by atoms with Crippen molar-refractivity contribution in [2.24, 2.45) is 0 Å². The fraction of sp³-hybridized carbons (Fsp3) is 0.333. The van der Waals surface area contributed by atoms with Crippen molar-refractivity contribution in [3.63, 3.8) is 0 Å². The first-order valence-electron chi connectivity index (χ1n) is 5.16. The minimum atomic E-state index is 0.495. The van der Waals surface area contributed by atoms with E-state index < -0.39 is 0 Å². The Hall–Kier alpha value is -1.35. The normalized spacial score (nSPS) is 10.7. The minimum Gasteiger partial charge on any atom is -0.421 e. The molecule has 16 heavy (non-hydrogen) atoms. The highest BCUT2D eigenvalue weighted by molar-refractivity contribution is 6.17. The van der Waals surface area contributed by atoms with Gasteiger partial charge in [0.15, 0.2) is 0 Å². The summed E-state index contributed by atoms with van der Waals surface area (Å²) in [6, 6.07) is 6.18. The molecule has 0 saturated heterocycles. The molecule has 4 heteroatoms. The lowest BCUT2D eigenvalue weighted by molar-refractivity contribution is 0.513. The van der Waals surface area contributed by atoms with Gasteiger partial charge in [-0.1, -0.05) is 17.2 Å². The van der Waals surface area contributed by atoms with E-state index in [2.05, 4.69) is 16.3 Å². The zero-order valence-electron chi connectivity index (χ0n) is 9.33. The highest BCUT2D eigenvalue weighted by atomic mass is 35.5. The molecule has 84 valence electrons. The van der Waals surface area contributed by atoms with Gasteiger partial charge in [0.1, 0.15) is 0 Å². The van der Waals surface area contributed by atoms with Crippen LogP contribution in [0.25, 0.3) is 11.5 Å². The first kappa shape index (κ1) is 11.1. The first-order chi connectivity index (χ1) is 7.69. The topological polar surface area (TPSA) is 38.9 Å². The Kier molecular flexibility index (Phi) is 3.25. The average molecular weight is 237 g/mol. The van der Waals surface area contributed by atoms with E-state index in [1.807, 2.05) is 26.0 Å². The number of hydrogen-bond acceptors (Lipinski definition) is 3. The third-order valence-electron chi connectivity index (χ3n) is 2.24. The van der Waals surface area contributed by atoms with Crippen LogP contribution in [0.3, 0.4) is 0 Å². The molecule has 0 bridgehead atoms. The van der Waals surface area contributed by atoms with E-state index in [-0.39, 0.29) is 0 Å². The van der Waals surface area contributed by atoms with Crippen molar-refractivity contribution in [1.82, 2.24) is 10.2 Å². The number of hydrogen-bond donors (Lipinski definition) is 0. The number of halogens is 1. The summed E-state index contributed by atoms with van der Waals surface area (Å²) < 4.78 is 5.51. The number of alkyl halides is 1. The molecule has 0 unspecified atom stereocenters. The second-order valence-electron chi connectivity index (χ2n) is 3.82. The van der Waals surface area contributed by atoms with Crippen LogP contribution in [0.5, 0.6) is 0 Å². The van der Waals surface area contributed by atoms with Crippen LogP contribution in [-0.4, -0.2) is 16.1 Å². The second-order valence-corrected chi connectivity index (χ2v) is 4.19. The zero-order valence-corrected chi connectivity index (χ0v) is 10.1. The average Bonchev–Trinajstić information content (AvgIpc) is 2.65. The van der Waals surface area contributed by atoms with Crippen LogP contribution in [0, 0.1) is 13.8 Å². The molecular formula is C12H13ClN2O. The van der Waals surface area contributed by atoms with Crippen molar-refractivity contribution < 1.29 is 4.42 Å². The summed E-state index contributed by atoms with van der Waals surface area (Å²) in [5.41, 5.74) is 3.34. The molecule has 1 heterocycles. The van der Waals surface area contributed by atoms with Gasteiger partial charge in [0.25, 0.3) is 0 Å². The van der Waals surface area contributed by atoms with E-state index in [0.717, 1.165) is 5.56 Å². The van der Waals surface area contributed by atoms with E-state index in [1.165, 1.54) is 11.1 Å². The van der Waals surface area contributed by atoms with Gasteiger partial charge in [0, 0.05) is 17.9 Å². The lowest BCUT2D eigenvalue weighted by atomic mass is 10.1. The molecule has 0 aliphatic carbocycles.